The predicted octanol–water partition coefficient (Wildman–Crippen LogP) is 0.902. The van der Waals surface area contributed by atoms with Crippen LogP contribution in [0.2, 0.25) is 0 Å². The van der Waals surface area contributed by atoms with Crippen LogP contribution in [0.1, 0.15) is 30.7 Å². The lowest BCUT2D eigenvalue weighted by molar-refractivity contribution is -0.155. The number of hydrogen-bond acceptors (Lipinski definition) is 5. The van der Waals surface area contributed by atoms with Crippen molar-refractivity contribution in [1.82, 2.24) is 4.90 Å². The second-order valence-electron chi connectivity index (χ2n) is 6.37. The molecule has 22 heavy (non-hydrogen) atoms. The molecular weight excluding hydrogens is 282 g/mol. The standard InChI is InChI=1S/C17H23NO4/c1-18-12-7-13(9-15(18)16(20)8-12)22-17(21)14(10-19)11-5-3-2-4-6-11/h2-6,12-16,19-20H,7-10H2,1H3/t12?,13-,14+,15+,16?/m0/s1. The monoisotopic (exact) mass is 305 g/mol. The first kappa shape index (κ1) is 15.5. The molecule has 5 nitrogen and oxygen atoms in total. The van der Waals surface area contributed by atoms with Crippen molar-refractivity contribution in [3.63, 3.8) is 0 Å². The molecular formula is C17H23NO4. The molecule has 2 fully saturated rings. The molecule has 2 bridgehead atoms. The highest BCUT2D eigenvalue weighted by molar-refractivity contribution is 5.78. The van der Waals surface area contributed by atoms with Crippen molar-refractivity contribution < 1.29 is 19.7 Å². The number of rotatable bonds is 4. The SMILES string of the molecule is CN1C2CC(O)[C@H]1C[C@@H](OC(=O)[C@H](CO)c1ccccc1)C2. The summed E-state index contributed by atoms with van der Waals surface area (Å²) in [4.78, 5) is 14.6. The minimum Gasteiger partial charge on any atom is -0.462 e. The van der Waals surface area contributed by atoms with Gasteiger partial charge in [-0.25, -0.2) is 0 Å². The molecule has 2 aliphatic heterocycles. The Kier molecular flexibility index (Phi) is 4.47. The van der Waals surface area contributed by atoms with Crippen molar-refractivity contribution >= 4 is 5.97 Å². The van der Waals surface area contributed by atoms with E-state index in [1.165, 1.54) is 0 Å². The van der Waals surface area contributed by atoms with Crippen molar-refractivity contribution in [2.75, 3.05) is 13.7 Å². The third-order valence-corrected chi connectivity index (χ3v) is 5.05. The minimum atomic E-state index is -0.636. The summed E-state index contributed by atoms with van der Waals surface area (Å²) in [5.41, 5.74) is 0.769. The van der Waals surface area contributed by atoms with Gasteiger partial charge in [-0.15, -0.1) is 0 Å². The van der Waals surface area contributed by atoms with Crippen molar-refractivity contribution in [2.24, 2.45) is 0 Å². The molecule has 5 atom stereocenters. The van der Waals surface area contributed by atoms with Gasteiger partial charge in [0.15, 0.2) is 0 Å². The van der Waals surface area contributed by atoms with Gasteiger partial charge in [0.2, 0.25) is 0 Å². The van der Waals surface area contributed by atoms with Crippen LogP contribution in [-0.4, -0.2) is 59.0 Å². The maximum atomic E-state index is 12.4. The van der Waals surface area contributed by atoms with E-state index < -0.39 is 5.92 Å². The Hall–Kier alpha value is -1.43. The Morgan fingerprint density at radius 3 is 2.68 bits per heavy atom. The van der Waals surface area contributed by atoms with Crippen molar-refractivity contribution in [1.29, 1.82) is 0 Å². The average molecular weight is 305 g/mol. The number of likely N-dealkylation sites (N-methyl/N-ethyl adjacent to an activating group) is 1. The van der Waals surface area contributed by atoms with E-state index in [2.05, 4.69) is 4.90 Å². The fourth-order valence-corrected chi connectivity index (χ4v) is 3.74. The summed E-state index contributed by atoms with van der Waals surface area (Å²) < 4.78 is 5.64. The van der Waals surface area contributed by atoms with Gasteiger partial charge in [0, 0.05) is 24.9 Å². The van der Waals surface area contributed by atoms with Gasteiger partial charge in [-0.2, -0.15) is 0 Å². The van der Waals surface area contributed by atoms with Crippen LogP contribution in [-0.2, 0) is 9.53 Å². The van der Waals surface area contributed by atoms with Gasteiger partial charge in [-0.3, -0.25) is 9.69 Å². The van der Waals surface area contributed by atoms with Crippen LogP contribution in [0.15, 0.2) is 30.3 Å². The van der Waals surface area contributed by atoms with Crippen molar-refractivity contribution in [3.05, 3.63) is 35.9 Å². The lowest BCUT2D eigenvalue weighted by atomic mass is 9.98. The highest BCUT2D eigenvalue weighted by Gasteiger charge is 2.45. The van der Waals surface area contributed by atoms with Crippen LogP contribution >= 0.6 is 0 Å². The Morgan fingerprint density at radius 1 is 1.32 bits per heavy atom. The number of aliphatic hydroxyl groups is 2. The molecule has 2 saturated heterocycles. The van der Waals surface area contributed by atoms with Crippen LogP contribution in [0.3, 0.4) is 0 Å². The van der Waals surface area contributed by atoms with E-state index in [-0.39, 0.29) is 36.9 Å². The largest absolute Gasteiger partial charge is 0.462 e. The normalized spacial score (nSPS) is 32.7. The number of benzene rings is 1. The molecule has 120 valence electrons. The third kappa shape index (κ3) is 2.89. The number of fused-ring (bicyclic) bond motifs is 2. The van der Waals surface area contributed by atoms with E-state index >= 15 is 0 Å². The summed E-state index contributed by atoms with van der Waals surface area (Å²) in [5.74, 6) is -1.01. The van der Waals surface area contributed by atoms with Crippen LogP contribution in [0, 0.1) is 0 Å². The molecule has 2 aliphatic rings. The summed E-state index contributed by atoms with van der Waals surface area (Å²) in [7, 11) is 2.02. The zero-order valence-electron chi connectivity index (χ0n) is 12.8. The average Bonchev–Trinajstić information content (AvgIpc) is 2.68. The summed E-state index contributed by atoms with van der Waals surface area (Å²) in [6.07, 6.45) is 1.66. The van der Waals surface area contributed by atoms with E-state index in [9.17, 15) is 15.0 Å². The zero-order chi connectivity index (χ0) is 15.7. The number of nitrogens with zero attached hydrogens (tertiary/aromatic N) is 1. The lowest BCUT2D eigenvalue weighted by Crippen LogP contribution is -2.45. The van der Waals surface area contributed by atoms with E-state index in [1.54, 1.807) is 0 Å². The van der Waals surface area contributed by atoms with E-state index in [4.69, 9.17) is 4.74 Å². The third-order valence-electron chi connectivity index (χ3n) is 5.05. The summed E-state index contributed by atoms with van der Waals surface area (Å²) >= 11 is 0. The van der Waals surface area contributed by atoms with E-state index in [1.807, 2.05) is 37.4 Å². The molecule has 0 spiro atoms. The van der Waals surface area contributed by atoms with Crippen LogP contribution in [0.25, 0.3) is 0 Å². The zero-order valence-corrected chi connectivity index (χ0v) is 12.8. The Balaban J connectivity index is 1.65. The highest BCUT2D eigenvalue weighted by Crippen LogP contribution is 2.36. The topological polar surface area (TPSA) is 70.0 Å². The summed E-state index contributed by atoms with van der Waals surface area (Å²) in [6, 6.07) is 9.56. The van der Waals surface area contributed by atoms with Crippen LogP contribution in [0.4, 0.5) is 0 Å². The van der Waals surface area contributed by atoms with Gasteiger partial charge in [-0.05, 0) is 19.0 Å². The smallest absolute Gasteiger partial charge is 0.316 e. The number of carbonyl (C=O) groups excluding carboxylic acids is 1. The first-order valence-electron chi connectivity index (χ1n) is 7.86. The minimum absolute atomic E-state index is 0.0702. The molecule has 3 rings (SSSR count). The molecule has 1 aromatic carbocycles. The molecule has 2 N–H and O–H groups in total. The molecule has 5 heteroatoms. The van der Waals surface area contributed by atoms with Crippen molar-refractivity contribution in [2.45, 2.75) is 49.5 Å². The Labute approximate surface area is 130 Å². The number of hydrogen-bond donors (Lipinski definition) is 2. The van der Waals surface area contributed by atoms with Gasteiger partial charge in [0.1, 0.15) is 12.0 Å². The maximum absolute atomic E-state index is 12.4. The number of aliphatic hydroxyl groups excluding tert-OH is 2. The summed E-state index contributed by atoms with van der Waals surface area (Å²) in [5, 5.41) is 19.6. The molecule has 0 radical (unpaired) electrons. The second-order valence-corrected chi connectivity index (χ2v) is 6.37. The molecule has 2 unspecified atom stereocenters. The highest BCUT2D eigenvalue weighted by atomic mass is 16.5. The summed E-state index contributed by atoms with van der Waals surface area (Å²) in [6.45, 7) is -0.259. The molecule has 1 aromatic rings. The van der Waals surface area contributed by atoms with E-state index in [0.717, 1.165) is 18.4 Å². The number of esters is 1. The number of carbonyl (C=O) groups is 1. The first-order valence-corrected chi connectivity index (χ1v) is 7.86. The van der Waals surface area contributed by atoms with Gasteiger partial charge in [0.05, 0.1) is 12.7 Å². The number of ether oxygens (including phenoxy) is 1. The van der Waals surface area contributed by atoms with Gasteiger partial charge in [-0.1, -0.05) is 30.3 Å². The molecule has 0 amide bonds. The maximum Gasteiger partial charge on any atom is 0.316 e. The van der Waals surface area contributed by atoms with Crippen LogP contribution in [0.5, 0.6) is 0 Å². The quantitative estimate of drug-likeness (QED) is 0.809. The number of piperidine rings is 1. The first-order chi connectivity index (χ1) is 10.6. The Bertz CT molecular complexity index is 521. The fourth-order valence-electron chi connectivity index (χ4n) is 3.74. The molecule has 0 aliphatic carbocycles. The van der Waals surface area contributed by atoms with Gasteiger partial charge < -0.3 is 14.9 Å². The van der Waals surface area contributed by atoms with E-state index in [0.29, 0.717) is 6.42 Å². The van der Waals surface area contributed by atoms with Crippen molar-refractivity contribution in [3.8, 4) is 0 Å². The lowest BCUT2D eigenvalue weighted by Gasteiger charge is -2.36. The van der Waals surface area contributed by atoms with Crippen LogP contribution < -0.4 is 0 Å². The predicted molar refractivity (Wildman–Crippen MR) is 81.3 cm³/mol. The molecule has 0 aromatic heterocycles. The van der Waals surface area contributed by atoms with Gasteiger partial charge >= 0.3 is 5.97 Å². The Morgan fingerprint density at radius 2 is 2.05 bits per heavy atom. The second kappa shape index (κ2) is 6.36. The fraction of sp³-hybridized carbons (Fsp3) is 0.588. The molecule has 2 heterocycles. The van der Waals surface area contributed by atoms with Gasteiger partial charge in [0.25, 0.3) is 0 Å². The molecule has 0 saturated carbocycles.